The molecule has 1 fully saturated rings. The van der Waals surface area contributed by atoms with Gasteiger partial charge < -0.3 is 10.6 Å². The van der Waals surface area contributed by atoms with Crippen LogP contribution in [-0.2, 0) is 0 Å². The van der Waals surface area contributed by atoms with Crippen LogP contribution in [0.3, 0.4) is 0 Å². The zero-order chi connectivity index (χ0) is 9.84. The molecule has 1 unspecified atom stereocenters. The monoisotopic (exact) mass is 182 g/mol. The van der Waals surface area contributed by atoms with E-state index in [2.05, 4.69) is 25.3 Å². The third-order valence-electron chi connectivity index (χ3n) is 2.89. The normalized spacial score (nSPS) is 22.3. The Hall–Kier alpha value is -0.340. The lowest BCUT2D eigenvalue weighted by Crippen LogP contribution is -2.43. The van der Waals surface area contributed by atoms with E-state index in [9.17, 15) is 0 Å². The van der Waals surface area contributed by atoms with Crippen LogP contribution in [-0.4, -0.2) is 30.6 Å². The summed E-state index contributed by atoms with van der Waals surface area (Å²) in [4.78, 5) is 2.46. The molecule has 0 aromatic heterocycles. The van der Waals surface area contributed by atoms with Crippen molar-refractivity contribution in [1.82, 2.24) is 4.90 Å². The van der Waals surface area contributed by atoms with Crippen LogP contribution >= 0.6 is 0 Å². The fraction of sp³-hybridized carbons (Fsp3) is 0.818. The van der Waals surface area contributed by atoms with Crippen molar-refractivity contribution in [3.63, 3.8) is 0 Å². The van der Waals surface area contributed by atoms with E-state index in [1.165, 1.54) is 5.57 Å². The summed E-state index contributed by atoms with van der Waals surface area (Å²) in [6, 6.07) is 0.325. The molecule has 0 bridgehead atoms. The smallest absolute Gasteiger partial charge is 0.0191 e. The van der Waals surface area contributed by atoms with Crippen molar-refractivity contribution >= 4 is 0 Å². The molecule has 1 heterocycles. The van der Waals surface area contributed by atoms with Crippen LogP contribution in [0.25, 0.3) is 0 Å². The lowest BCUT2D eigenvalue weighted by Gasteiger charge is -2.31. The number of likely N-dealkylation sites (tertiary alicyclic amines) is 1. The SMILES string of the molecule is C=C1CCN(CC(N)C(C)C)CC1. The topological polar surface area (TPSA) is 29.3 Å². The minimum atomic E-state index is 0.325. The Morgan fingerprint density at radius 3 is 2.38 bits per heavy atom. The third kappa shape index (κ3) is 3.49. The first-order valence-corrected chi connectivity index (χ1v) is 5.24. The summed E-state index contributed by atoms with van der Waals surface area (Å²) < 4.78 is 0. The summed E-state index contributed by atoms with van der Waals surface area (Å²) in [5, 5.41) is 0. The Morgan fingerprint density at radius 1 is 1.38 bits per heavy atom. The van der Waals surface area contributed by atoms with Gasteiger partial charge in [0.05, 0.1) is 0 Å². The Bertz CT molecular complexity index is 165. The summed E-state index contributed by atoms with van der Waals surface area (Å²) in [7, 11) is 0. The number of piperidine rings is 1. The lowest BCUT2D eigenvalue weighted by molar-refractivity contribution is 0.224. The largest absolute Gasteiger partial charge is 0.326 e. The van der Waals surface area contributed by atoms with Crippen molar-refractivity contribution < 1.29 is 0 Å². The summed E-state index contributed by atoms with van der Waals surface area (Å²) in [5.74, 6) is 0.588. The Balaban J connectivity index is 2.26. The Kier molecular flexibility index (Phi) is 3.94. The summed E-state index contributed by atoms with van der Waals surface area (Å²) in [6.45, 7) is 11.7. The standard InChI is InChI=1S/C11H22N2/c1-9(2)11(12)8-13-6-4-10(3)5-7-13/h9,11H,3-8,12H2,1-2H3. The summed E-state index contributed by atoms with van der Waals surface area (Å²) in [6.07, 6.45) is 2.32. The van der Waals surface area contributed by atoms with Gasteiger partial charge in [0.15, 0.2) is 0 Å². The molecule has 1 atom stereocenters. The van der Waals surface area contributed by atoms with E-state index in [4.69, 9.17) is 5.73 Å². The van der Waals surface area contributed by atoms with Gasteiger partial charge in [-0.15, -0.1) is 0 Å². The maximum absolute atomic E-state index is 6.02. The number of nitrogens with zero attached hydrogens (tertiary/aromatic N) is 1. The highest BCUT2D eigenvalue weighted by Gasteiger charge is 2.16. The van der Waals surface area contributed by atoms with Crippen molar-refractivity contribution in [2.24, 2.45) is 11.7 Å². The Morgan fingerprint density at radius 2 is 1.92 bits per heavy atom. The van der Waals surface area contributed by atoms with Gasteiger partial charge in [-0.2, -0.15) is 0 Å². The van der Waals surface area contributed by atoms with Gasteiger partial charge in [-0.25, -0.2) is 0 Å². The summed E-state index contributed by atoms with van der Waals surface area (Å²) in [5.41, 5.74) is 7.42. The van der Waals surface area contributed by atoms with Gasteiger partial charge >= 0.3 is 0 Å². The maximum Gasteiger partial charge on any atom is 0.0191 e. The predicted molar refractivity (Wildman–Crippen MR) is 57.6 cm³/mol. The van der Waals surface area contributed by atoms with E-state index in [-0.39, 0.29) is 0 Å². The average molecular weight is 182 g/mol. The first-order chi connectivity index (χ1) is 6.09. The van der Waals surface area contributed by atoms with E-state index in [1.807, 2.05) is 0 Å². The minimum absolute atomic E-state index is 0.325. The van der Waals surface area contributed by atoms with Gasteiger partial charge in [-0.05, 0) is 18.8 Å². The molecule has 0 spiro atoms. The third-order valence-corrected chi connectivity index (χ3v) is 2.89. The van der Waals surface area contributed by atoms with Crippen LogP contribution < -0.4 is 5.73 Å². The molecule has 0 aromatic carbocycles. The van der Waals surface area contributed by atoms with Crippen LogP contribution in [0.2, 0.25) is 0 Å². The lowest BCUT2D eigenvalue weighted by atomic mass is 10.0. The van der Waals surface area contributed by atoms with Crippen molar-refractivity contribution in [3.05, 3.63) is 12.2 Å². The maximum atomic E-state index is 6.02. The van der Waals surface area contributed by atoms with Crippen molar-refractivity contribution in [3.8, 4) is 0 Å². The second-order valence-electron chi connectivity index (χ2n) is 4.46. The van der Waals surface area contributed by atoms with Crippen molar-refractivity contribution in [1.29, 1.82) is 0 Å². The number of hydrogen-bond donors (Lipinski definition) is 1. The fourth-order valence-electron chi connectivity index (χ4n) is 1.56. The van der Waals surface area contributed by atoms with Crippen LogP contribution in [0, 0.1) is 5.92 Å². The van der Waals surface area contributed by atoms with Gasteiger partial charge in [0.25, 0.3) is 0 Å². The van der Waals surface area contributed by atoms with Gasteiger partial charge in [0, 0.05) is 25.7 Å². The van der Waals surface area contributed by atoms with E-state index in [1.54, 1.807) is 0 Å². The molecule has 2 heteroatoms. The van der Waals surface area contributed by atoms with Gasteiger partial charge in [-0.3, -0.25) is 0 Å². The molecular formula is C11H22N2. The molecule has 0 aliphatic carbocycles. The Labute approximate surface area is 81.8 Å². The van der Waals surface area contributed by atoms with E-state index in [0.29, 0.717) is 12.0 Å². The molecular weight excluding hydrogens is 160 g/mol. The molecule has 0 amide bonds. The number of hydrogen-bond acceptors (Lipinski definition) is 2. The molecule has 0 aromatic rings. The molecule has 2 N–H and O–H groups in total. The highest BCUT2D eigenvalue weighted by molar-refractivity contribution is 4.99. The van der Waals surface area contributed by atoms with Crippen molar-refractivity contribution in [2.75, 3.05) is 19.6 Å². The molecule has 1 aliphatic rings. The van der Waals surface area contributed by atoms with E-state index >= 15 is 0 Å². The zero-order valence-electron chi connectivity index (χ0n) is 8.92. The summed E-state index contributed by atoms with van der Waals surface area (Å²) >= 11 is 0. The molecule has 13 heavy (non-hydrogen) atoms. The van der Waals surface area contributed by atoms with Crippen molar-refractivity contribution in [2.45, 2.75) is 32.7 Å². The van der Waals surface area contributed by atoms with E-state index in [0.717, 1.165) is 32.5 Å². The van der Waals surface area contributed by atoms with Crippen LogP contribution in [0.4, 0.5) is 0 Å². The van der Waals surface area contributed by atoms with Crippen LogP contribution in [0.5, 0.6) is 0 Å². The highest BCUT2D eigenvalue weighted by atomic mass is 15.1. The second kappa shape index (κ2) is 4.77. The molecule has 1 aliphatic heterocycles. The molecule has 0 saturated carbocycles. The number of rotatable bonds is 3. The molecule has 0 radical (unpaired) electrons. The average Bonchev–Trinajstić information content (AvgIpc) is 2.08. The van der Waals surface area contributed by atoms with Crippen LogP contribution in [0.15, 0.2) is 12.2 Å². The second-order valence-corrected chi connectivity index (χ2v) is 4.46. The first-order valence-electron chi connectivity index (χ1n) is 5.24. The zero-order valence-corrected chi connectivity index (χ0v) is 8.92. The highest BCUT2D eigenvalue weighted by Crippen LogP contribution is 2.14. The number of nitrogens with two attached hydrogens (primary N) is 1. The molecule has 1 rings (SSSR count). The van der Waals surface area contributed by atoms with Crippen LogP contribution in [0.1, 0.15) is 26.7 Å². The minimum Gasteiger partial charge on any atom is -0.326 e. The fourth-order valence-corrected chi connectivity index (χ4v) is 1.56. The van der Waals surface area contributed by atoms with Gasteiger partial charge in [0.1, 0.15) is 0 Å². The predicted octanol–water partition coefficient (Wildman–Crippen LogP) is 1.62. The molecule has 1 saturated heterocycles. The quantitative estimate of drug-likeness (QED) is 0.672. The van der Waals surface area contributed by atoms with Gasteiger partial charge in [-0.1, -0.05) is 26.0 Å². The van der Waals surface area contributed by atoms with Gasteiger partial charge in [0.2, 0.25) is 0 Å². The first kappa shape index (κ1) is 10.7. The van der Waals surface area contributed by atoms with E-state index < -0.39 is 0 Å². The molecule has 76 valence electrons. The molecule has 2 nitrogen and oxygen atoms in total.